The summed E-state index contributed by atoms with van der Waals surface area (Å²) >= 11 is 1.21. The number of aliphatic imine (C=N–C) groups is 1. The molecule has 1 aliphatic heterocycles. The van der Waals surface area contributed by atoms with E-state index in [2.05, 4.69) is 25.6 Å². The van der Waals surface area contributed by atoms with Gasteiger partial charge in [-0.25, -0.2) is 4.79 Å². The van der Waals surface area contributed by atoms with Crippen LogP contribution in [0.25, 0.3) is 0 Å². The Morgan fingerprint density at radius 1 is 1.03 bits per heavy atom. The fraction of sp³-hybridized carbons (Fsp3) is 0.185. The van der Waals surface area contributed by atoms with Crippen molar-refractivity contribution in [3.63, 3.8) is 0 Å². The number of hydrogen-bond acceptors (Lipinski definition) is 6. The largest absolute Gasteiger partial charge is 0.573 e. The van der Waals surface area contributed by atoms with E-state index >= 15 is 0 Å². The number of halogens is 3. The molecule has 0 bridgehead atoms. The summed E-state index contributed by atoms with van der Waals surface area (Å²) in [7, 11) is 0. The van der Waals surface area contributed by atoms with Gasteiger partial charge in [0.05, 0.1) is 23.3 Å². The van der Waals surface area contributed by atoms with Gasteiger partial charge in [-0.15, -0.1) is 13.2 Å². The van der Waals surface area contributed by atoms with Crippen LogP contribution in [0.1, 0.15) is 30.9 Å². The number of alkyl halides is 3. The lowest BCUT2D eigenvalue weighted by molar-refractivity contribution is -0.274. The van der Waals surface area contributed by atoms with Crippen LogP contribution in [0, 0.1) is 0 Å². The zero-order valence-corrected chi connectivity index (χ0v) is 21.7. The normalized spacial score (nSPS) is 14.9. The van der Waals surface area contributed by atoms with E-state index in [4.69, 9.17) is 0 Å². The van der Waals surface area contributed by atoms with Crippen LogP contribution in [0.5, 0.6) is 5.75 Å². The van der Waals surface area contributed by atoms with E-state index in [0.29, 0.717) is 22.1 Å². The number of ether oxygens (including phenoxy) is 1. The number of urea groups is 1. The predicted molar refractivity (Wildman–Crippen MR) is 148 cm³/mol. The lowest BCUT2D eigenvalue weighted by Gasteiger charge is -2.21. The third kappa shape index (κ3) is 7.60. The summed E-state index contributed by atoms with van der Waals surface area (Å²) in [6, 6.07) is 18.9. The van der Waals surface area contributed by atoms with Gasteiger partial charge in [0.1, 0.15) is 5.75 Å². The van der Waals surface area contributed by atoms with Gasteiger partial charge in [0.25, 0.3) is 0 Å². The first-order chi connectivity index (χ1) is 18.6. The number of hydrazone groups is 1. The molecule has 0 unspecified atom stereocenters. The first kappa shape index (κ1) is 27.7. The summed E-state index contributed by atoms with van der Waals surface area (Å²) in [6.07, 6.45) is -3.31. The molecule has 12 heteroatoms. The molecule has 1 heterocycles. The molecule has 1 saturated heterocycles. The van der Waals surface area contributed by atoms with Gasteiger partial charge in [0.2, 0.25) is 5.91 Å². The van der Waals surface area contributed by atoms with Gasteiger partial charge in [-0.2, -0.15) is 10.1 Å². The Morgan fingerprint density at radius 3 is 2.36 bits per heavy atom. The summed E-state index contributed by atoms with van der Waals surface area (Å²) in [5.74, 6) is -0.0717. The van der Waals surface area contributed by atoms with Gasteiger partial charge in [-0.3, -0.25) is 15.1 Å². The Balaban J connectivity index is 1.35. The van der Waals surface area contributed by atoms with Crippen LogP contribution < -0.4 is 20.4 Å². The maximum atomic E-state index is 12.6. The lowest BCUT2D eigenvalue weighted by Crippen LogP contribution is -2.31. The SMILES string of the molecule is CC(C)c1ccccc1N1C(=O)CS/C1=N\C(=O)Nc1ccc(N/N=C/c2ccc(OC(F)(F)F)cc2)cc1. The van der Waals surface area contributed by atoms with Crippen LogP contribution >= 0.6 is 11.8 Å². The van der Waals surface area contributed by atoms with Gasteiger partial charge < -0.3 is 10.1 Å². The first-order valence-electron chi connectivity index (χ1n) is 11.8. The number of amidine groups is 1. The van der Waals surface area contributed by atoms with Crippen molar-refractivity contribution >= 4 is 52.1 Å². The summed E-state index contributed by atoms with van der Waals surface area (Å²) in [6.45, 7) is 4.07. The number of nitrogens with one attached hydrogen (secondary N) is 2. The van der Waals surface area contributed by atoms with E-state index in [1.807, 2.05) is 38.1 Å². The van der Waals surface area contributed by atoms with Gasteiger partial charge in [-0.05, 0) is 71.6 Å². The third-order valence-electron chi connectivity index (χ3n) is 5.42. The molecule has 0 radical (unpaired) electrons. The minimum Gasteiger partial charge on any atom is -0.406 e. The number of hydrogen-bond donors (Lipinski definition) is 2. The standard InChI is InChI=1S/C27H24F3N5O3S/c1-17(2)22-5-3-4-6-23(22)35-24(36)16-39-26(35)33-25(37)32-19-9-11-20(12-10-19)34-31-15-18-7-13-21(14-8-18)38-27(28,29)30/h3-15,17,34H,16H2,1-2H3,(H,32,37)/b31-15+,33-26-. The highest BCUT2D eigenvalue weighted by molar-refractivity contribution is 8.15. The summed E-state index contributed by atoms with van der Waals surface area (Å²) in [4.78, 5) is 30.9. The number of carbonyl (C=O) groups is 2. The molecular formula is C27H24F3N5O3S. The second-order valence-corrected chi connectivity index (χ2v) is 9.56. The maximum absolute atomic E-state index is 12.6. The molecule has 1 aliphatic rings. The van der Waals surface area contributed by atoms with Crippen molar-refractivity contribution in [1.82, 2.24) is 0 Å². The minimum atomic E-state index is -4.75. The van der Waals surface area contributed by atoms with Gasteiger partial charge in [0.15, 0.2) is 5.17 Å². The number of anilines is 3. The van der Waals surface area contributed by atoms with Crippen LogP contribution in [0.15, 0.2) is 82.9 Å². The van der Waals surface area contributed by atoms with Crippen molar-refractivity contribution in [1.29, 1.82) is 0 Å². The number of para-hydroxylation sites is 1. The molecular weight excluding hydrogens is 531 g/mol. The van der Waals surface area contributed by atoms with Crippen molar-refractivity contribution in [3.8, 4) is 5.75 Å². The Bertz CT molecular complexity index is 1390. The Kier molecular flexibility index (Phi) is 8.55. The molecule has 0 spiro atoms. The number of carbonyl (C=O) groups excluding carboxylic acids is 2. The van der Waals surface area contributed by atoms with E-state index in [-0.39, 0.29) is 23.3 Å². The summed E-state index contributed by atoms with van der Waals surface area (Å²) < 4.78 is 40.6. The fourth-order valence-corrected chi connectivity index (χ4v) is 4.52. The molecule has 0 aliphatic carbocycles. The lowest BCUT2D eigenvalue weighted by atomic mass is 10.0. The second kappa shape index (κ2) is 12.0. The Morgan fingerprint density at radius 2 is 1.69 bits per heavy atom. The van der Waals surface area contributed by atoms with Crippen LogP contribution in [0.3, 0.4) is 0 Å². The van der Waals surface area contributed by atoms with Crippen molar-refractivity contribution in [2.24, 2.45) is 10.1 Å². The van der Waals surface area contributed by atoms with E-state index in [9.17, 15) is 22.8 Å². The Labute approximate surface area is 227 Å². The van der Waals surface area contributed by atoms with Gasteiger partial charge >= 0.3 is 12.4 Å². The zero-order chi connectivity index (χ0) is 28.0. The quantitative estimate of drug-likeness (QED) is 0.246. The first-order valence-corrected chi connectivity index (χ1v) is 12.8. The van der Waals surface area contributed by atoms with E-state index in [0.717, 1.165) is 11.3 Å². The van der Waals surface area contributed by atoms with Crippen LogP contribution in [-0.4, -0.2) is 35.4 Å². The molecule has 39 heavy (non-hydrogen) atoms. The molecule has 8 nitrogen and oxygen atoms in total. The highest BCUT2D eigenvalue weighted by atomic mass is 32.2. The summed E-state index contributed by atoms with van der Waals surface area (Å²) in [5.41, 5.74) is 6.17. The number of amides is 3. The van der Waals surface area contributed by atoms with Crippen molar-refractivity contribution in [2.75, 3.05) is 21.4 Å². The van der Waals surface area contributed by atoms with Crippen molar-refractivity contribution in [2.45, 2.75) is 26.1 Å². The van der Waals surface area contributed by atoms with Crippen LogP contribution in [-0.2, 0) is 4.79 Å². The van der Waals surface area contributed by atoms with Gasteiger partial charge in [-0.1, -0.05) is 43.8 Å². The molecule has 0 atom stereocenters. The zero-order valence-electron chi connectivity index (χ0n) is 20.9. The minimum absolute atomic E-state index is 0.138. The monoisotopic (exact) mass is 555 g/mol. The molecule has 202 valence electrons. The Hall–Kier alpha value is -4.32. The average molecular weight is 556 g/mol. The van der Waals surface area contributed by atoms with Crippen LogP contribution in [0.2, 0.25) is 0 Å². The average Bonchev–Trinajstić information content (AvgIpc) is 3.24. The molecule has 4 rings (SSSR count). The number of nitrogens with zero attached hydrogens (tertiary/aromatic N) is 3. The highest BCUT2D eigenvalue weighted by Gasteiger charge is 2.32. The van der Waals surface area contributed by atoms with Gasteiger partial charge in [0, 0.05) is 5.69 Å². The number of benzene rings is 3. The van der Waals surface area contributed by atoms with Crippen LogP contribution in [0.4, 0.5) is 35.0 Å². The number of rotatable bonds is 7. The highest BCUT2D eigenvalue weighted by Crippen LogP contribution is 2.33. The molecule has 2 N–H and O–H groups in total. The smallest absolute Gasteiger partial charge is 0.406 e. The van der Waals surface area contributed by atoms with Crippen molar-refractivity contribution in [3.05, 3.63) is 83.9 Å². The molecule has 3 amide bonds. The molecule has 1 fully saturated rings. The van der Waals surface area contributed by atoms with E-state index in [1.54, 1.807) is 24.3 Å². The predicted octanol–water partition coefficient (Wildman–Crippen LogP) is 6.82. The summed E-state index contributed by atoms with van der Waals surface area (Å²) in [5, 5.41) is 7.05. The molecule has 3 aromatic rings. The molecule has 0 saturated carbocycles. The maximum Gasteiger partial charge on any atom is 0.573 e. The van der Waals surface area contributed by atoms with E-state index in [1.165, 1.54) is 47.1 Å². The third-order valence-corrected chi connectivity index (χ3v) is 6.34. The number of thioether (sulfide) groups is 1. The fourth-order valence-electron chi connectivity index (χ4n) is 3.66. The molecule has 0 aromatic heterocycles. The molecule has 3 aromatic carbocycles. The topological polar surface area (TPSA) is 95.4 Å². The second-order valence-electron chi connectivity index (χ2n) is 8.62. The van der Waals surface area contributed by atoms with E-state index < -0.39 is 12.4 Å². The van der Waals surface area contributed by atoms with Crippen molar-refractivity contribution < 1.29 is 27.5 Å².